The monoisotopic (exact) mass is 339 g/mol. The maximum atomic E-state index is 12.2. The highest BCUT2D eigenvalue weighted by molar-refractivity contribution is 6.10. The Balaban J connectivity index is 1.83. The average Bonchev–Trinajstić information content (AvgIpc) is 2.66. The molecule has 0 bridgehead atoms. The fraction of sp³-hybridized carbons (Fsp3) is 0.250. The van der Waals surface area contributed by atoms with Crippen LogP contribution in [0.1, 0.15) is 30.1 Å². The summed E-state index contributed by atoms with van der Waals surface area (Å²) in [6, 6.07) is 15.6. The van der Waals surface area contributed by atoms with E-state index in [0.29, 0.717) is 17.0 Å². The molecule has 25 heavy (non-hydrogen) atoms. The van der Waals surface area contributed by atoms with Gasteiger partial charge in [-0.1, -0.05) is 30.3 Å². The highest BCUT2D eigenvalue weighted by Gasteiger charge is 2.22. The van der Waals surface area contributed by atoms with Gasteiger partial charge < -0.3 is 10.1 Å². The Morgan fingerprint density at radius 3 is 2.20 bits per heavy atom. The molecule has 0 fully saturated rings. The van der Waals surface area contributed by atoms with E-state index in [2.05, 4.69) is 5.32 Å². The number of rotatable bonds is 8. The number of anilines is 1. The Hall–Kier alpha value is -2.95. The highest BCUT2D eigenvalue weighted by Crippen LogP contribution is 2.16. The first-order valence-corrected chi connectivity index (χ1v) is 8.07. The molecule has 130 valence electrons. The second-order valence-corrected chi connectivity index (χ2v) is 5.69. The number of nitrogens with one attached hydrogen (secondary N) is 1. The maximum Gasteiger partial charge on any atom is 0.224 e. The zero-order chi connectivity index (χ0) is 18.2. The molecule has 0 spiro atoms. The van der Waals surface area contributed by atoms with Crippen molar-refractivity contribution in [2.75, 3.05) is 12.4 Å². The number of hydrogen-bond acceptors (Lipinski definition) is 4. The Labute approximate surface area is 147 Å². The first kappa shape index (κ1) is 18.4. The highest BCUT2D eigenvalue weighted by atomic mass is 16.5. The van der Waals surface area contributed by atoms with Gasteiger partial charge >= 0.3 is 0 Å². The van der Waals surface area contributed by atoms with Gasteiger partial charge in [-0.3, -0.25) is 14.4 Å². The normalized spacial score (nSPS) is 11.4. The molecule has 5 heteroatoms. The zero-order valence-corrected chi connectivity index (χ0v) is 14.3. The van der Waals surface area contributed by atoms with E-state index in [4.69, 9.17) is 4.74 Å². The number of amides is 1. The van der Waals surface area contributed by atoms with Crippen LogP contribution in [0.15, 0.2) is 54.6 Å². The van der Waals surface area contributed by atoms with Crippen LogP contribution in [-0.4, -0.2) is 24.6 Å². The van der Waals surface area contributed by atoms with Crippen molar-refractivity contribution >= 4 is 23.2 Å². The third-order valence-electron chi connectivity index (χ3n) is 3.91. The van der Waals surface area contributed by atoms with Crippen molar-refractivity contribution in [3.8, 4) is 5.75 Å². The lowest BCUT2D eigenvalue weighted by Gasteiger charge is -2.10. The van der Waals surface area contributed by atoms with Crippen LogP contribution in [0.2, 0.25) is 0 Å². The van der Waals surface area contributed by atoms with Crippen molar-refractivity contribution in [3.63, 3.8) is 0 Å². The van der Waals surface area contributed by atoms with E-state index < -0.39 is 5.92 Å². The SMILES string of the molecule is COc1ccc(NC(=O)CCC(=O)[C@@H](C)C(=O)c2ccccc2)cc1. The fourth-order valence-corrected chi connectivity index (χ4v) is 2.35. The second-order valence-electron chi connectivity index (χ2n) is 5.69. The second kappa shape index (κ2) is 8.78. The minimum absolute atomic E-state index is 0.0295. The third-order valence-corrected chi connectivity index (χ3v) is 3.91. The molecule has 0 saturated heterocycles. The third kappa shape index (κ3) is 5.28. The van der Waals surface area contributed by atoms with Crippen LogP contribution in [0, 0.1) is 5.92 Å². The number of benzene rings is 2. The average molecular weight is 339 g/mol. The lowest BCUT2D eigenvalue weighted by Crippen LogP contribution is -2.23. The number of ketones is 2. The molecule has 0 radical (unpaired) electrons. The Bertz CT molecular complexity index is 738. The number of Topliss-reactive ketones (excluding diaryl/α,β-unsaturated/α-hetero) is 2. The Kier molecular flexibility index (Phi) is 6.46. The fourth-order valence-electron chi connectivity index (χ4n) is 2.35. The molecule has 1 atom stereocenters. The predicted molar refractivity (Wildman–Crippen MR) is 95.8 cm³/mol. The zero-order valence-electron chi connectivity index (χ0n) is 14.3. The van der Waals surface area contributed by atoms with Crippen LogP contribution in [0.25, 0.3) is 0 Å². The summed E-state index contributed by atoms with van der Waals surface area (Å²) < 4.78 is 5.05. The standard InChI is InChI=1S/C20H21NO4/c1-14(20(24)15-6-4-3-5-7-15)18(22)12-13-19(23)21-16-8-10-17(25-2)11-9-16/h3-11,14H,12-13H2,1-2H3,(H,21,23)/t14-/m1/s1. The summed E-state index contributed by atoms with van der Waals surface area (Å²) in [7, 11) is 1.57. The summed E-state index contributed by atoms with van der Waals surface area (Å²) in [5.74, 6) is -0.782. The van der Waals surface area contributed by atoms with Gasteiger partial charge in [-0.05, 0) is 31.2 Å². The summed E-state index contributed by atoms with van der Waals surface area (Å²) in [6.07, 6.45) is 0.0685. The first-order valence-electron chi connectivity index (χ1n) is 8.07. The van der Waals surface area contributed by atoms with Crippen molar-refractivity contribution < 1.29 is 19.1 Å². The van der Waals surface area contributed by atoms with Gasteiger partial charge in [0.1, 0.15) is 11.5 Å². The van der Waals surface area contributed by atoms with Crippen LogP contribution in [-0.2, 0) is 9.59 Å². The quantitative estimate of drug-likeness (QED) is 0.590. The topological polar surface area (TPSA) is 72.5 Å². The summed E-state index contributed by atoms with van der Waals surface area (Å²) in [5.41, 5.74) is 1.14. The molecule has 5 nitrogen and oxygen atoms in total. The maximum absolute atomic E-state index is 12.2. The molecule has 2 rings (SSSR count). The molecule has 0 aliphatic rings. The Morgan fingerprint density at radius 1 is 0.960 bits per heavy atom. The van der Waals surface area contributed by atoms with Crippen molar-refractivity contribution in [1.82, 2.24) is 0 Å². The summed E-state index contributed by atoms with van der Waals surface area (Å²) in [6.45, 7) is 1.58. The van der Waals surface area contributed by atoms with Gasteiger partial charge in [0.15, 0.2) is 5.78 Å². The van der Waals surface area contributed by atoms with Gasteiger partial charge in [-0.2, -0.15) is 0 Å². The Morgan fingerprint density at radius 2 is 1.60 bits per heavy atom. The summed E-state index contributed by atoms with van der Waals surface area (Å²) in [5, 5.41) is 2.72. The van der Waals surface area contributed by atoms with E-state index >= 15 is 0 Å². The molecule has 2 aromatic rings. The minimum atomic E-state index is -0.754. The number of carbonyl (C=O) groups excluding carboxylic acids is 3. The van der Waals surface area contributed by atoms with E-state index in [1.54, 1.807) is 62.6 Å². The van der Waals surface area contributed by atoms with Crippen LogP contribution in [0.4, 0.5) is 5.69 Å². The molecule has 0 unspecified atom stereocenters. The van der Waals surface area contributed by atoms with E-state index in [9.17, 15) is 14.4 Å². The van der Waals surface area contributed by atoms with Crippen molar-refractivity contribution in [3.05, 3.63) is 60.2 Å². The lowest BCUT2D eigenvalue weighted by molar-refractivity contribution is -0.124. The molecule has 1 amide bonds. The molecule has 0 aliphatic heterocycles. The van der Waals surface area contributed by atoms with Gasteiger partial charge in [-0.15, -0.1) is 0 Å². The minimum Gasteiger partial charge on any atom is -0.497 e. The first-order chi connectivity index (χ1) is 12.0. The lowest BCUT2D eigenvalue weighted by atomic mass is 9.93. The molecule has 1 N–H and O–H groups in total. The molecule has 0 heterocycles. The smallest absolute Gasteiger partial charge is 0.224 e. The predicted octanol–water partition coefficient (Wildman–Crippen LogP) is 3.50. The molecular formula is C20H21NO4. The van der Waals surface area contributed by atoms with E-state index in [0.717, 1.165) is 0 Å². The summed E-state index contributed by atoms with van der Waals surface area (Å²) in [4.78, 5) is 36.4. The molecule has 0 aromatic heterocycles. The summed E-state index contributed by atoms with van der Waals surface area (Å²) >= 11 is 0. The van der Waals surface area contributed by atoms with Gasteiger partial charge in [-0.25, -0.2) is 0 Å². The number of ether oxygens (including phenoxy) is 1. The van der Waals surface area contributed by atoms with Gasteiger partial charge in [0, 0.05) is 24.1 Å². The van der Waals surface area contributed by atoms with Crippen molar-refractivity contribution in [2.24, 2.45) is 5.92 Å². The van der Waals surface area contributed by atoms with E-state index in [1.165, 1.54) is 0 Å². The van der Waals surface area contributed by atoms with Crippen molar-refractivity contribution in [2.45, 2.75) is 19.8 Å². The van der Waals surface area contributed by atoms with E-state index in [-0.39, 0.29) is 30.3 Å². The molecule has 0 aliphatic carbocycles. The van der Waals surface area contributed by atoms with Crippen LogP contribution >= 0.6 is 0 Å². The van der Waals surface area contributed by atoms with Crippen LogP contribution in [0.5, 0.6) is 5.75 Å². The van der Waals surface area contributed by atoms with Gasteiger partial charge in [0.2, 0.25) is 5.91 Å². The van der Waals surface area contributed by atoms with Gasteiger partial charge in [0.25, 0.3) is 0 Å². The van der Waals surface area contributed by atoms with Crippen LogP contribution < -0.4 is 10.1 Å². The molecule has 0 saturated carbocycles. The number of carbonyl (C=O) groups is 3. The number of hydrogen-bond donors (Lipinski definition) is 1. The number of methoxy groups -OCH3 is 1. The van der Waals surface area contributed by atoms with Gasteiger partial charge in [0.05, 0.1) is 13.0 Å². The van der Waals surface area contributed by atoms with E-state index in [1.807, 2.05) is 6.07 Å². The molecular weight excluding hydrogens is 318 g/mol. The molecule has 2 aromatic carbocycles. The largest absolute Gasteiger partial charge is 0.497 e. The van der Waals surface area contributed by atoms with Crippen molar-refractivity contribution in [1.29, 1.82) is 0 Å². The van der Waals surface area contributed by atoms with Crippen LogP contribution in [0.3, 0.4) is 0 Å².